The van der Waals surface area contributed by atoms with E-state index in [-0.39, 0.29) is 0 Å². The van der Waals surface area contributed by atoms with Crippen molar-refractivity contribution in [3.8, 4) is 0 Å². The summed E-state index contributed by atoms with van der Waals surface area (Å²) in [6, 6.07) is 11.1. The van der Waals surface area contributed by atoms with E-state index >= 15 is 0 Å². The Balaban J connectivity index is 1.74. The highest BCUT2D eigenvalue weighted by Crippen LogP contribution is 2.24. The van der Waals surface area contributed by atoms with Gasteiger partial charge in [-0.15, -0.1) is 0 Å². The molecule has 0 N–H and O–H groups in total. The third-order valence-electron chi connectivity index (χ3n) is 4.74. The lowest BCUT2D eigenvalue weighted by Gasteiger charge is -2.32. The van der Waals surface area contributed by atoms with E-state index in [4.69, 9.17) is 0 Å². The second kappa shape index (κ2) is 6.01. The van der Waals surface area contributed by atoms with Gasteiger partial charge in [-0.3, -0.25) is 4.90 Å². The Morgan fingerprint density at radius 2 is 2.10 bits per heavy atom. The number of benzene rings is 1. The number of hydrogen-bond acceptors (Lipinski definition) is 1. The maximum absolute atomic E-state index is 2.65. The summed E-state index contributed by atoms with van der Waals surface area (Å²) in [4.78, 5) is 2.65. The van der Waals surface area contributed by atoms with Crippen LogP contribution in [0.15, 0.2) is 30.3 Å². The van der Waals surface area contributed by atoms with E-state index in [0.717, 1.165) is 12.5 Å². The third kappa shape index (κ3) is 2.76. The van der Waals surface area contributed by atoms with Crippen molar-refractivity contribution >= 4 is 10.9 Å². The molecule has 1 saturated heterocycles. The van der Waals surface area contributed by atoms with E-state index in [0.29, 0.717) is 0 Å². The Morgan fingerprint density at radius 3 is 2.90 bits per heavy atom. The first-order valence-corrected chi connectivity index (χ1v) is 8.03. The summed E-state index contributed by atoms with van der Waals surface area (Å²) in [5.41, 5.74) is 2.80. The fraction of sp³-hybridized carbons (Fsp3) is 0.556. The topological polar surface area (TPSA) is 8.17 Å². The van der Waals surface area contributed by atoms with Gasteiger partial charge in [0.1, 0.15) is 0 Å². The van der Waals surface area contributed by atoms with Crippen molar-refractivity contribution in [2.24, 2.45) is 13.0 Å². The monoisotopic (exact) mass is 270 g/mol. The van der Waals surface area contributed by atoms with E-state index in [1.807, 2.05) is 0 Å². The maximum atomic E-state index is 2.65. The van der Waals surface area contributed by atoms with Crippen LogP contribution in [-0.4, -0.2) is 22.6 Å². The lowest BCUT2D eigenvalue weighted by molar-refractivity contribution is 0.158. The van der Waals surface area contributed by atoms with Gasteiger partial charge in [-0.25, -0.2) is 0 Å². The van der Waals surface area contributed by atoms with Crippen LogP contribution < -0.4 is 0 Å². The van der Waals surface area contributed by atoms with Crippen LogP contribution in [0.3, 0.4) is 0 Å². The summed E-state index contributed by atoms with van der Waals surface area (Å²) in [5.74, 6) is 0.920. The molecule has 1 aliphatic heterocycles. The van der Waals surface area contributed by atoms with Gasteiger partial charge in [-0.1, -0.05) is 31.5 Å². The molecule has 0 spiro atoms. The van der Waals surface area contributed by atoms with Crippen molar-refractivity contribution in [1.29, 1.82) is 0 Å². The highest BCUT2D eigenvalue weighted by Gasteiger charge is 2.20. The molecule has 0 bridgehead atoms. The molecule has 0 amide bonds. The molecular formula is C18H26N2. The molecule has 0 radical (unpaired) electrons. The van der Waals surface area contributed by atoms with Crippen molar-refractivity contribution in [3.63, 3.8) is 0 Å². The molecule has 108 valence electrons. The summed E-state index contributed by atoms with van der Waals surface area (Å²) < 4.78 is 2.36. The summed E-state index contributed by atoms with van der Waals surface area (Å²) in [6.45, 7) is 5.96. The maximum Gasteiger partial charge on any atom is 0.0480 e. The first-order valence-electron chi connectivity index (χ1n) is 8.03. The predicted octanol–water partition coefficient (Wildman–Crippen LogP) is 4.19. The molecule has 2 heterocycles. The van der Waals surface area contributed by atoms with Gasteiger partial charge in [0.25, 0.3) is 0 Å². The minimum Gasteiger partial charge on any atom is -0.346 e. The minimum absolute atomic E-state index is 0.920. The number of piperidine rings is 1. The SMILES string of the molecule is CCC[C@@H]1CCCN(Cc2cc3ccccc3n2C)C1. The highest BCUT2D eigenvalue weighted by atomic mass is 15.1. The molecule has 20 heavy (non-hydrogen) atoms. The normalized spacial score (nSPS) is 20.6. The van der Waals surface area contributed by atoms with Crippen molar-refractivity contribution in [1.82, 2.24) is 9.47 Å². The number of nitrogens with zero attached hydrogens (tertiary/aromatic N) is 2. The van der Waals surface area contributed by atoms with Gasteiger partial charge in [-0.05, 0) is 49.2 Å². The first-order chi connectivity index (χ1) is 9.78. The van der Waals surface area contributed by atoms with Crippen LogP contribution in [0.5, 0.6) is 0 Å². The van der Waals surface area contributed by atoms with Gasteiger partial charge in [0.15, 0.2) is 0 Å². The molecule has 1 atom stereocenters. The van der Waals surface area contributed by atoms with Crippen LogP contribution in [0.2, 0.25) is 0 Å². The van der Waals surface area contributed by atoms with Gasteiger partial charge in [0.2, 0.25) is 0 Å². The van der Waals surface area contributed by atoms with Gasteiger partial charge >= 0.3 is 0 Å². The van der Waals surface area contributed by atoms with Gasteiger partial charge in [-0.2, -0.15) is 0 Å². The summed E-state index contributed by atoms with van der Waals surface area (Å²) >= 11 is 0. The van der Waals surface area contributed by atoms with Crippen LogP contribution in [-0.2, 0) is 13.6 Å². The zero-order chi connectivity index (χ0) is 13.9. The van der Waals surface area contributed by atoms with Crippen LogP contribution in [0.25, 0.3) is 10.9 Å². The second-order valence-electron chi connectivity index (χ2n) is 6.29. The van der Waals surface area contributed by atoms with Crippen molar-refractivity contribution in [3.05, 3.63) is 36.0 Å². The molecule has 1 aliphatic rings. The van der Waals surface area contributed by atoms with Gasteiger partial charge < -0.3 is 4.57 Å². The smallest absolute Gasteiger partial charge is 0.0480 e. The summed E-state index contributed by atoms with van der Waals surface area (Å²) in [7, 11) is 2.20. The Labute approximate surface area is 122 Å². The van der Waals surface area contributed by atoms with E-state index in [1.165, 1.54) is 55.4 Å². The second-order valence-corrected chi connectivity index (χ2v) is 6.29. The quantitative estimate of drug-likeness (QED) is 0.808. The molecule has 1 fully saturated rings. The molecule has 0 aliphatic carbocycles. The summed E-state index contributed by atoms with van der Waals surface area (Å²) in [6.07, 6.45) is 5.52. The molecule has 1 aromatic carbocycles. The zero-order valence-corrected chi connectivity index (χ0v) is 12.8. The Hall–Kier alpha value is -1.28. The molecule has 1 aromatic heterocycles. The van der Waals surface area contributed by atoms with Gasteiger partial charge in [0.05, 0.1) is 0 Å². The van der Waals surface area contributed by atoms with Crippen LogP contribution in [0.1, 0.15) is 38.3 Å². The minimum atomic E-state index is 0.920. The molecule has 2 nitrogen and oxygen atoms in total. The fourth-order valence-corrected chi connectivity index (χ4v) is 3.67. The Kier molecular flexibility index (Phi) is 4.11. The highest BCUT2D eigenvalue weighted by molar-refractivity contribution is 5.81. The number of aromatic nitrogens is 1. The number of hydrogen-bond donors (Lipinski definition) is 0. The van der Waals surface area contributed by atoms with E-state index in [9.17, 15) is 0 Å². The lowest BCUT2D eigenvalue weighted by Crippen LogP contribution is -2.35. The van der Waals surface area contributed by atoms with Crippen molar-refractivity contribution in [2.75, 3.05) is 13.1 Å². The number of rotatable bonds is 4. The van der Waals surface area contributed by atoms with E-state index in [1.54, 1.807) is 0 Å². The van der Waals surface area contributed by atoms with Crippen LogP contribution >= 0.6 is 0 Å². The molecule has 2 aromatic rings. The van der Waals surface area contributed by atoms with Gasteiger partial charge in [0, 0.05) is 31.3 Å². The van der Waals surface area contributed by atoms with Crippen LogP contribution in [0, 0.1) is 5.92 Å². The number of likely N-dealkylation sites (tertiary alicyclic amines) is 1. The molecule has 3 rings (SSSR count). The van der Waals surface area contributed by atoms with Crippen molar-refractivity contribution < 1.29 is 0 Å². The average molecular weight is 270 g/mol. The zero-order valence-electron chi connectivity index (χ0n) is 12.8. The van der Waals surface area contributed by atoms with Crippen molar-refractivity contribution in [2.45, 2.75) is 39.2 Å². The Bertz CT molecular complexity index is 568. The van der Waals surface area contributed by atoms with Crippen LogP contribution in [0.4, 0.5) is 0 Å². The largest absolute Gasteiger partial charge is 0.346 e. The number of aryl methyl sites for hydroxylation is 1. The van der Waals surface area contributed by atoms with E-state index < -0.39 is 0 Å². The summed E-state index contributed by atoms with van der Waals surface area (Å²) in [5, 5.41) is 1.37. The van der Waals surface area contributed by atoms with E-state index in [2.05, 4.69) is 53.8 Å². The molecular weight excluding hydrogens is 244 g/mol. The standard InChI is InChI=1S/C18H26N2/c1-3-7-15-8-6-11-20(13-15)14-17-12-16-9-4-5-10-18(16)19(17)2/h4-5,9-10,12,15H,3,6-8,11,13-14H2,1-2H3/t15-/m1/s1. The first kappa shape index (κ1) is 13.7. The lowest BCUT2D eigenvalue weighted by atomic mass is 9.94. The number of para-hydroxylation sites is 1. The average Bonchev–Trinajstić information content (AvgIpc) is 2.77. The third-order valence-corrected chi connectivity index (χ3v) is 4.74. The molecule has 2 heteroatoms. The Morgan fingerprint density at radius 1 is 1.25 bits per heavy atom. The fourth-order valence-electron chi connectivity index (χ4n) is 3.67. The number of fused-ring (bicyclic) bond motifs is 1. The molecule has 0 saturated carbocycles. The predicted molar refractivity (Wildman–Crippen MR) is 85.8 cm³/mol. The molecule has 0 unspecified atom stereocenters.